The van der Waals surface area contributed by atoms with Gasteiger partial charge < -0.3 is 14.8 Å². The highest BCUT2D eigenvalue weighted by molar-refractivity contribution is 5.97. The molecule has 9 nitrogen and oxygen atoms in total. The van der Waals surface area contributed by atoms with Gasteiger partial charge in [-0.25, -0.2) is 0 Å². The Morgan fingerprint density at radius 3 is 2.63 bits per heavy atom. The summed E-state index contributed by atoms with van der Waals surface area (Å²) in [5.41, 5.74) is 2.84. The van der Waals surface area contributed by atoms with Crippen molar-refractivity contribution in [3.05, 3.63) is 57.1 Å². The van der Waals surface area contributed by atoms with E-state index in [2.05, 4.69) is 29.1 Å². The SMILES string of the molecule is Cc1ccc(C(C)C)cc1OCC(=O)N=Nc1c(O)[nH]c2c(C)cc([N+](=O)[O-])cc12. The molecule has 30 heavy (non-hydrogen) atoms. The first kappa shape index (κ1) is 21.0. The predicted octanol–water partition coefficient (Wildman–Crippen LogP) is 5.21. The number of non-ortho nitro benzene ring substituents is 1. The van der Waals surface area contributed by atoms with E-state index in [-0.39, 0.29) is 23.9 Å². The van der Waals surface area contributed by atoms with Gasteiger partial charge in [0.15, 0.2) is 12.3 Å². The molecule has 0 spiro atoms. The van der Waals surface area contributed by atoms with E-state index < -0.39 is 10.8 Å². The van der Waals surface area contributed by atoms with Gasteiger partial charge in [0.25, 0.3) is 5.69 Å². The first-order valence-corrected chi connectivity index (χ1v) is 9.35. The van der Waals surface area contributed by atoms with Gasteiger partial charge in [-0.3, -0.25) is 14.9 Å². The van der Waals surface area contributed by atoms with Crippen LogP contribution in [0, 0.1) is 24.0 Å². The van der Waals surface area contributed by atoms with Gasteiger partial charge in [0, 0.05) is 17.5 Å². The highest BCUT2D eigenvalue weighted by Gasteiger charge is 2.18. The zero-order chi connectivity index (χ0) is 22.0. The van der Waals surface area contributed by atoms with Crippen molar-refractivity contribution in [2.24, 2.45) is 10.2 Å². The van der Waals surface area contributed by atoms with Crippen LogP contribution >= 0.6 is 0 Å². The number of nitro groups is 1. The summed E-state index contributed by atoms with van der Waals surface area (Å²) in [5, 5.41) is 28.9. The largest absolute Gasteiger partial charge is 0.493 e. The van der Waals surface area contributed by atoms with Crippen LogP contribution in [0.5, 0.6) is 11.6 Å². The molecule has 1 amide bonds. The van der Waals surface area contributed by atoms with E-state index in [9.17, 15) is 20.0 Å². The van der Waals surface area contributed by atoms with Gasteiger partial charge >= 0.3 is 5.91 Å². The molecule has 0 unspecified atom stereocenters. The lowest BCUT2D eigenvalue weighted by atomic mass is 10.0. The van der Waals surface area contributed by atoms with Crippen molar-refractivity contribution in [1.82, 2.24) is 4.98 Å². The number of hydrogen-bond donors (Lipinski definition) is 2. The molecule has 9 heteroatoms. The zero-order valence-corrected chi connectivity index (χ0v) is 17.1. The quantitative estimate of drug-likeness (QED) is 0.327. The predicted molar refractivity (Wildman–Crippen MR) is 112 cm³/mol. The number of carbonyl (C=O) groups is 1. The minimum Gasteiger partial charge on any atom is -0.493 e. The van der Waals surface area contributed by atoms with E-state index in [1.165, 1.54) is 12.1 Å². The second-order valence-corrected chi connectivity index (χ2v) is 7.33. The Morgan fingerprint density at radius 1 is 1.23 bits per heavy atom. The summed E-state index contributed by atoms with van der Waals surface area (Å²) in [6, 6.07) is 8.48. The number of aryl methyl sites for hydroxylation is 2. The van der Waals surface area contributed by atoms with E-state index in [1.54, 1.807) is 6.92 Å². The maximum atomic E-state index is 12.1. The summed E-state index contributed by atoms with van der Waals surface area (Å²) >= 11 is 0. The molecular formula is C21H22N4O5. The number of amides is 1. The Hall–Kier alpha value is -3.75. The smallest absolute Gasteiger partial charge is 0.302 e. The Balaban J connectivity index is 1.80. The Bertz CT molecular complexity index is 1160. The Labute approximate surface area is 172 Å². The third-order valence-corrected chi connectivity index (χ3v) is 4.75. The normalized spacial score (nSPS) is 11.5. The van der Waals surface area contributed by atoms with Gasteiger partial charge in [0.05, 0.1) is 10.4 Å². The van der Waals surface area contributed by atoms with Crippen LogP contribution in [0.2, 0.25) is 0 Å². The maximum absolute atomic E-state index is 12.1. The van der Waals surface area contributed by atoms with Crippen LogP contribution in [0.3, 0.4) is 0 Å². The van der Waals surface area contributed by atoms with Gasteiger partial charge in [-0.05, 0) is 42.5 Å². The number of nitrogens with zero attached hydrogens (tertiary/aromatic N) is 3. The molecule has 3 rings (SSSR count). The third-order valence-electron chi connectivity index (χ3n) is 4.75. The lowest BCUT2D eigenvalue weighted by molar-refractivity contribution is -0.384. The fourth-order valence-electron chi connectivity index (χ4n) is 3.04. The number of H-pyrrole nitrogens is 1. The van der Waals surface area contributed by atoms with Gasteiger partial charge in [-0.15, -0.1) is 10.2 Å². The van der Waals surface area contributed by atoms with Crippen LogP contribution in [-0.4, -0.2) is 27.5 Å². The molecule has 2 N–H and O–H groups in total. The van der Waals surface area contributed by atoms with Crippen LogP contribution in [0.4, 0.5) is 11.4 Å². The van der Waals surface area contributed by atoms with Crippen molar-refractivity contribution >= 4 is 28.2 Å². The molecule has 0 bridgehead atoms. The first-order valence-electron chi connectivity index (χ1n) is 9.35. The van der Waals surface area contributed by atoms with E-state index in [4.69, 9.17) is 4.74 Å². The average molecular weight is 410 g/mol. The first-order chi connectivity index (χ1) is 14.2. The molecule has 0 fully saturated rings. The second kappa shape index (κ2) is 8.32. The van der Waals surface area contributed by atoms with E-state index in [1.807, 2.05) is 25.1 Å². The minimum absolute atomic E-state index is 0.0388. The summed E-state index contributed by atoms with van der Waals surface area (Å²) in [4.78, 5) is 25.4. The van der Waals surface area contributed by atoms with Crippen molar-refractivity contribution in [2.45, 2.75) is 33.6 Å². The highest BCUT2D eigenvalue weighted by Crippen LogP contribution is 2.39. The lowest BCUT2D eigenvalue weighted by Gasteiger charge is -2.11. The number of benzene rings is 2. The molecule has 0 radical (unpaired) electrons. The standard InChI is InChI=1S/C21H22N4O5/c1-11(2)14-6-5-12(3)17(8-14)30-10-18(26)23-24-20-16-9-15(25(28)29)7-13(4)19(16)22-21(20)27/h5-9,11,22,27H,10H2,1-4H3. The highest BCUT2D eigenvalue weighted by atomic mass is 16.6. The number of rotatable bonds is 6. The molecule has 0 aliphatic carbocycles. The summed E-state index contributed by atoms with van der Waals surface area (Å²) in [6.45, 7) is 7.35. The molecule has 0 saturated carbocycles. The summed E-state index contributed by atoms with van der Waals surface area (Å²) in [5.74, 6) is -0.0709. The van der Waals surface area contributed by atoms with Crippen molar-refractivity contribution in [2.75, 3.05) is 6.61 Å². The molecule has 0 saturated heterocycles. The van der Waals surface area contributed by atoms with Crippen LogP contribution in [-0.2, 0) is 4.79 Å². The fraction of sp³-hybridized carbons (Fsp3) is 0.286. The number of azo groups is 1. The molecule has 0 aliphatic rings. The maximum Gasteiger partial charge on any atom is 0.302 e. The van der Waals surface area contributed by atoms with E-state index in [0.29, 0.717) is 28.1 Å². The fourth-order valence-corrected chi connectivity index (χ4v) is 3.04. The monoisotopic (exact) mass is 410 g/mol. The molecule has 1 aromatic heterocycles. The average Bonchev–Trinajstić information content (AvgIpc) is 3.01. The molecule has 0 atom stereocenters. The van der Waals surface area contributed by atoms with Gasteiger partial charge in [0.1, 0.15) is 5.75 Å². The molecular weight excluding hydrogens is 388 g/mol. The van der Waals surface area contributed by atoms with Crippen LogP contribution in [0.15, 0.2) is 40.6 Å². The number of hydrogen-bond acceptors (Lipinski definition) is 6. The Kier molecular flexibility index (Phi) is 5.81. The zero-order valence-electron chi connectivity index (χ0n) is 17.1. The lowest BCUT2D eigenvalue weighted by Crippen LogP contribution is -2.09. The van der Waals surface area contributed by atoms with Crippen molar-refractivity contribution in [3.8, 4) is 11.6 Å². The van der Waals surface area contributed by atoms with Crippen LogP contribution < -0.4 is 4.74 Å². The number of aromatic nitrogens is 1. The summed E-state index contributed by atoms with van der Waals surface area (Å²) in [6.07, 6.45) is 0. The van der Waals surface area contributed by atoms with Crippen LogP contribution in [0.1, 0.15) is 36.5 Å². The number of nitro benzene ring substituents is 1. The summed E-state index contributed by atoms with van der Waals surface area (Å²) < 4.78 is 5.58. The van der Waals surface area contributed by atoms with Gasteiger partial charge in [-0.1, -0.05) is 26.0 Å². The van der Waals surface area contributed by atoms with E-state index in [0.717, 1.165) is 11.1 Å². The van der Waals surface area contributed by atoms with Crippen LogP contribution in [0.25, 0.3) is 10.9 Å². The number of fused-ring (bicyclic) bond motifs is 1. The van der Waals surface area contributed by atoms with Gasteiger partial charge in [0.2, 0.25) is 5.88 Å². The molecule has 0 aliphatic heterocycles. The number of aromatic hydroxyl groups is 1. The number of nitrogens with one attached hydrogen (secondary N) is 1. The number of aromatic amines is 1. The molecule has 1 heterocycles. The topological polar surface area (TPSA) is 130 Å². The summed E-state index contributed by atoms with van der Waals surface area (Å²) in [7, 11) is 0. The second-order valence-electron chi connectivity index (χ2n) is 7.33. The number of carbonyl (C=O) groups excluding carboxylic acids is 1. The molecule has 2 aromatic carbocycles. The van der Waals surface area contributed by atoms with Crippen molar-refractivity contribution in [3.63, 3.8) is 0 Å². The minimum atomic E-state index is -0.653. The Morgan fingerprint density at radius 2 is 1.97 bits per heavy atom. The number of ether oxygens (including phenoxy) is 1. The molecule has 156 valence electrons. The van der Waals surface area contributed by atoms with Crippen molar-refractivity contribution in [1.29, 1.82) is 0 Å². The van der Waals surface area contributed by atoms with Gasteiger partial charge in [-0.2, -0.15) is 0 Å². The van der Waals surface area contributed by atoms with Crippen molar-refractivity contribution < 1.29 is 19.6 Å². The third kappa shape index (κ3) is 4.29. The van der Waals surface area contributed by atoms with E-state index >= 15 is 0 Å². The molecule has 3 aromatic rings.